The molecule has 0 saturated heterocycles. The highest BCUT2D eigenvalue weighted by molar-refractivity contribution is 7.92. The highest BCUT2D eigenvalue weighted by Gasteiger charge is 2.22. The zero-order chi connectivity index (χ0) is 20.7. The van der Waals surface area contributed by atoms with E-state index >= 15 is 0 Å². The highest BCUT2D eigenvalue weighted by atomic mass is 32.2. The van der Waals surface area contributed by atoms with E-state index in [0.29, 0.717) is 11.4 Å². The Labute approximate surface area is 169 Å². The lowest BCUT2D eigenvalue weighted by Crippen LogP contribution is -2.30. The number of carbonyl (C=O) groups is 1. The predicted molar refractivity (Wildman–Crippen MR) is 110 cm³/mol. The minimum atomic E-state index is -3.97. The first-order valence-corrected chi connectivity index (χ1v) is 10.4. The number of ether oxygens (including phenoxy) is 1. The number of anilines is 1. The molecular formula is C21H21N3O4S. The van der Waals surface area contributed by atoms with E-state index in [1.807, 2.05) is 30.3 Å². The Morgan fingerprint density at radius 1 is 1.03 bits per heavy atom. The van der Waals surface area contributed by atoms with Crippen LogP contribution >= 0.6 is 0 Å². The molecule has 3 rings (SSSR count). The fourth-order valence-corrected chi connectivity index (χ4v) is 3.93. The number of carbonyl (C=O) groups excluding carboxylic acids is 1. The van der Waals surface area contributed by atoms with Gasteiger partial charge in [-0.2, -0.15) is 0 Å². The molecule has 8 heteroatoms. The van der Waals surface area contributed by atoms with Crippen molar-refractivity contribution in [1.29, 1.82) is 0 Å². The van der Waals surface area contributed by atoms with Crippen molar-refractivity contribution in [1.82, 2.24) is 10.3 Å². The molecule has 2 N–H and O–H groups in total. The van der Waals surface area contributed by atoms with Crippen molar-refractivity contribution >= 4 is 21.6 Å². The van der Waals surface area contributed by atoms with Crippen LogP contribution in [0.25, 0.3) is 0 Å². The van der Waals surface area contributed by atoms with Gasteiger partial charge in [0.2, 0.25) is 0 Å². The van der Waals surface area contributed by atoms with Crippen LogP contribution in [0.15, 0.2) is 78.0 Å². The summed E-state index contributed by atoms with van der Waals surface area (Å²) in [6.07, 6.45) is 3.00. The lowest BCUT2D eigenvalue weighted by Gasteiger charge is -2.13. The van der Waals surface area contributed by atoms with E-state index in [4.69, 9.17) is 4.74 Å². The number of para-hydroxylation sites is 1. The van der Waals surface area contributed by atoms with Gasteiger partial charge >= 0.3 is 0 Å². The minimum Gasteiger partial charge on any atom is -0.492 e. The van der Waals surface area contributed by atoms with Crippen molar-refractivity contribution in [3.63, 3.8) is 0 Å². The molecule has 0 aliphatic rings. The van der Waals surface area contributed by atoms with Gasteiger partial charge in [-0.3, -0.25) is 14.5 Å². The number of nitrogens with zero attached hydrogens (tertiary/aromatic N) is 1. The van der Waals surface area contributed by atoms with Crippen LogP contribution in [0.3, 0.4) is 0 Å². The van der Waals surface area contributed by atoms with E-state index in [2.05, 4.69) is 15.0 Å². The van der Waals surface area contributed by atoms with Gasteiger partial charge < -0.3 is 10.1 Å². The maximum atomic E-state index is 12.9. The first kappa shape index (κ1) is 20.3. The van der Waals surface area contributed by atoms with E-state index in [0.717, 1.165) is 5.56 Å². The largest absolute Gasteiger partial charge is 0.492 e. The molecule has 3 aromatic rings. The second-order valence-electron chi connectivity index (χ2n) is 6.21. The van der Waals surface area contributed by atoms with Crippen LogP contribution in [0.5, 0.6) is 5.75 Å². The third kappa shape index (κ3) is 5.32. The summed E-state index contributed by atoms with van der Waals surface area (Å²) in [5.74, 6) is 0.200. The number of aryl methyl sites for hydroxylation is 1. The van der Waals surface area contributed by atoms with Gasteiger partial charge in [-0.05, 0) is 42.8 Å². The van der Waals surface area contributed by atoms with Gasteiger partial charge in [0, 0.05) is 6.20 Å². The van der Waals surface area contributed by atoms with Crippen LogP contribution in [-0.2, 0) is 10.0 Å². The molecule has 150 valence electrons. The number of benzene rings is 2. The smallest absolute Gasteiger partial charge is 0.262 e. The monoisotopic (exact) mass is 411 g/mol. The van der Waals surface area contributed by atoms with Gasteiger partial charge in [0.1, 0.15) is 17.3 Å². The molecule has 0 atom stereocenters. The molecule has 1 amide bonds. The first-order valence-electron chi connectivity index (χ1n) is 8.96. The quantitative estimate of drug-likeness (QED) is 0.556. The third-order valence-corrected chi connectivity index (χ3v) is 5.53. The Hall–Kier alpha value is -3.39. The highest BCUT2D eigenvalue weighted by Crippen LogP contribution is 2.21. The Morgan fingerprint density at radius 3 is 2.52 bits per heavy atom. The lowest BCUT2D eigenvalue weighted by atomic mass is 10.2. The number of sulfonamides is 1. The van der Waals surface area contributed by atoms with Gasteiger partial charge in [0.25, 0.3) is 15.9 Å². The van der Waals surface area contributed by atoms with Gasteiger partial charge in [-0.1, -0.05) is 30.3 Å². The zero-order valence-electron chi connectivity index (χ0n) is 15.8. The van der Waals surface area contributed by atoms with Crippen LogP contribution in [0, 0.1) is 6.92 Å². The number of nitrogens with one attached hydrogen (secondary N) is 2. The SMILES string of the molecule is Cc1ccncc1NS(=O)(=O)c1ccccc1C(=O)NCCOc1ccccc1. The summed E-state index contributed by atoms with van der Waals surface area (Å²) in [5, 5.41) is 2.69. The number of rotatable bonds is 8. The normalized spacial score (nSPS) is 10.9. The van der Waals surface area contributed by atoms with Crippen LogP contribution in [0.2, 0.25) is 0 Å². The molecule has 7 nitrogen and oxygen atoms in total. The number of amides is 1. The minimum absolute atomic E-state index is 0.0567. The van der Waals surface area contributed by atoms with Crippen LogP contribution in [0.1, 0.15) is 15.9 Å². The maximum Gasteiger partial charge on any atom is 0.262 e. The topological polar surface area (TPSA) is 97.4 Å². The fraction of sp³-hybridized carbons (Fsp3) is 0.143. The predicted octanol–water partition coefficient (Wildman–Crippen LogP) is 3.00. The van der Waals surface area contributed by atoms with E-state index in [1.165, 1.54) is 18.3 Å². The third-order valence-electron chi connectivity index (χ3n) is 4.10. The average molecular weight is 411 g/mol. The Balaban J connectivity index is 1.69. The first-order chi connectivity index (χ1) is 14.0. The molecule has 0 unspecified atom stereocenters. The maximum absolute atomic E-state index is 12.9. The summed E-state index contributed by atoms with van der Waals surface area (Å²) < 4.78 is 33.7. The number of hydrogen-bond acceptors (Lipinski definition) is 5. The fourth-order valence-electron chi connectivity index (χ4n) is 2.60. The summed E-state index contributed by atoms with van der Waals surface area (Å²) >= 11 is 0. The van der Waals surface area contributed by atoms with Gasteiger partial charge in [-0.15, -0.1) is 0 Å². The Bertz CT molecular complexity index is 1090. The number of pyridine rings is 1. The number of hydrogen-bond donors (Lipinski definition) is 2. The zero-order valence-corrected chi connectivity index (χ0v) is 16.6. The average Bonchev–Trinajstić information content (AvgIpc) is 2.73. The molecule has 1 heterocycles. The van der Waals surface area contributed by atoms with Crippen molar-refractivity contribution in [2.24, 2.45) is 0 Å². The molecule has 1 aromatic heterocycles. The molecule has 2 aromatic carbocycles. The molecule has 0 radical (unpaired) electrons. The summed E-state index contributed by atoms with van der Waals surface area (Å²) in [6, 6.07) is 17.0. The number of aromatic nitrogens is 1. The lowest BCUT2D eigenvalue weighted by molar-refractivity contribution is 0.0943. The van der Waals surface area contributed by atoms with Crippen LogP contribution < -0.4 is 14.8 Å². The molecule has 0 aliphatic heterocycles. The molecule has 0 saturated carbocycles. The summed E-state index contributed by atoms with van der Waals surface area (Å²) in [4.78, 5) is 16.4. The summed E-state index contributed by atoms with van der Waals surface area (Å²) in [7, 11) is -3.97. The molecular weight excluding hydrogens is 390 g/mol. The van der Waals surface area contributed by atoms with Crippen molar-refractivity contribution in [3.05, 3.63) is 84.2 Å². The van der Waals surface area contributed by atoms with Crippen LogP contribution in [0.4, 0.5) is 5.69 Å². The van der Waals surface area contributed by atoms with Crippen molar-refractivity contribution in [3.8, 4) is 5.75 Å². The summed E-state index contributed by atoms with van der Waals surface area (Å²) in [6.45, 7) is 2.26. The summed E-state index contributed by atoms with van der Waals surface area (Å²) in [5.41, 5.74) is 1.14. The Morgan fingerprint density at radius 2 is 1.76 bits per heavy atom. The van der Waals surface area contributed by atoms with Crippen molar-refractivity contribution in [2.75, 3.05) is 17.9 Å². The molecule has 0 bridgehead atoms. The van der Waals surface area contributed by atoms with Gasteiger partial charge in [0.05, 0.1) is 24.0 Å². The van der Waals surface area contributed by atoms with Gasteiger partial charge in [-0.25, -0.2) is 8.42 Å². The molecule has 0 spiro atoms. The van der Waals surface area contributed by atoms with Crippen molar-refractivity contribution < 1.29 is 17.9 Å². The molecule has 29 heavy (non-hydrogen) atoms. The molecule has 0 aliphatic carbocycles. The van der Waals surface area contributed by atoms with E-state index in [1.54, 1.807) is 31.3 Å². The van der Waals surface area contributed by atoms with Gasteiger partial charge in [0.15, 0.2) is 0 Å². The molecule has 0 fully saturated rings. The standard InChI is InChI=1S/C21H21N3O4S/c1-16-11-12-22-15-19(16)24-29(26,27)20-10-6-5-9-18(20)21(25)23-13-14-28-17-7-3-2-4-8-17/h2-12,15,24H,13-14H2,1H3,(H,23,25). The van der Waals surface area contributed by atoms with E-state index in [-0.39, 0.29) is 23.6 Å². The van der Waals surface area contributed by atoms with Crippen LogP contribution in [-0.4, -0.2) is 32.5 Å². The second-order valence-corrected chi connectivity index (χ2v) is 7.86. The second kappa shape index (κ2) is 9.20. The van der Waals surface area contributed by atoms with Crippen molar-refractivity contribution in [2.45, 2.75) is 11.8 Å². The van der Waals surface area contributed by atoms with E-state index < -0.39 is 15.9 Å². The Kier molecular flexibility index (Phi) is 6.46. The van der Waals surface area contributed by atoms with E-state index in [9.17, 15) is 13.2 Å².